The fourth-order valence-electron chi connectivity index (χ4n) is 1.90. The molecular formula is C13H18O2S. The number of aliphatic hydroxyl groups is 1. The maximum absolute atomic E-state index is 9.75. The fourth-order valence-corrected chi connectivity index (χ4v) is 2.61. The zero-order valence-corrected chi connectivity index (χ0v) is 10.4. The smallest absolute Gasteiger partial charge is 0.0985 e. The van der Waals surface area contributed by atoms with Crippen molar-refractivity contribution >= 4 is 12.0 Å². The van der Waals surface area contributed by atoms with Gasteiger partial charge in [-0.2, -0.15) is 0 Å². The molecule has 1 aromatic rings. The molecule has 1 N–H and O–H groups in total. The molecule has 1 saturated carbocycles. The topological polar surface area (TPSA) is 29.5 Å². The molecule has 1 aliphatic rings. The third-order valence-electron chi connectivity index (χ3n) is 2.96. The third kappa shape index (κ3) is 3.24. The van der Waals surface area contributed by atoms with E-state index in [1.165, 1.54) is 17.6 Å². The van der Waals surface area contributed by atoms with Gasteiger partial charge >= 0.3 is 0 Å². The highest BCUT2D eigenvalue weighted by molar-refractivity contribution is 7.94. The van der Waals surface area contributed by atoms with Crippen LogP contribution in [0.2, 0.25) is 0 Å². The van der Waals surface area contributed by atoms with Crippen LogP contribution in [0, 0.1) is 6.92 Å². The Morgan fingerprint density at radius 3 is 2.56 bits per heavy atom. The number of aliphatic hydroxyl groups excluding tert-OH is 1. The van der Waals surface area contributed by atoms with Gasteiger partial charge in [0.15, 0.2) is 0 Å². The van der Waals surface area contributed by atoms with Gasteiger partial charge in [-0.1, -0.05) is 30.5 Å². The van der Waals surface area contributed by atoms with Gasteiger partial charge < -0.3 is 9.29 Å². The summed E-state index contributed by atoms with van der Waals surface area (Å²) in [6, 6.07) is 8.25. The van der Waals surface area contributed by atoms with E-state index >= 15 is 0 Å². The van der Waals surface area contributed by atoms with Crippen LogP contribution in [0.1, 0.15) is 31.2 Å². The van der Waals surface area contributed by atoms with Crippen molar-refractivity contribution in [2.45, 2.75) is 49.7 Å². The Kier molecular flexibility index (Phi) is 4.27. The van der Waals surface area contributed by atoms with Crippen LogP contribution in [0.5, 0.6) is 0 Å². The molecular weight excluding hydrogens is 220 g/mol. The van der Waals surface area contributed by atoms with E-state index in [0.29, 0.717) is 0 Å². The van der Waals surface area contributed by atoms with Gasteiger partial charge in [0, 0.05) is 16.9 Å². The van der Waals surface area contributed by atoms with Crippen molar-refractivity contribution in [2.24, 2.45) is 0 Å². The summed E-state index contributed by atoms with van der Waals surface area (Å²) in [5.41, 5.74) is 1.25. The monoisotopic (exact) mass is 238 g/mol. The first-order chi connectivity index (χ1) is 7.75. The molecule has 2 nitrogen and oxygen atoms in total. The standard InChI is InChI=1S/C13H18O2S/c1-10-6-8-11(9-7-10)16-15-13-5-3-2-4-12(13)14/h6-9,12-14H,2-5H2,1H3. The molecule has 16 heavy (non-hydrogen) atoms. The maximum Gasteiger partial charge on any atom is 0.0985 e. The zero-order valence-electron chi connectivity index (χ0n) is 9.56. The van der Waals surface area contributed by atoms with Crippen LogP contribution >= 0.6 is 12.0 Å². The van der Waals surface area contributed by atoms with Gasteiger partial charge in [-0.05, 0) is 31.9 Å². The first-order valence-corrected chi connectivity index (χ1v) is 6.58. The molecule has 88 valence electrons. The van der Waals surface area contributed by atoms with Crippen LogP contribution in [0.3, 0.4) is 0 Å². The molecule has 0 amide bonds. The highest BCUT2D eigenvalue weighted by Gasteiger charge is 2.24. The predicted octanol–water partition coefficient (Wildman–Crippen LogP) is 3.32. The van der Waals surface area contributed by atoms with E-state index in [-0.39, 0.29) is 12.2 Å². The molecule has 1 aromatic carbocycles. The summed E-state index contributed by atoms with van der Waals surface area (Å²) in [5, 5.41) is 9.75. The first kappa shape index (κ1) is 12.0. The lowest BCUT2D eigenvalue weighted by Gasteiger charge is -2.26. The molecule has 0 saturated heterocycles. The van der Waals surface area contributed by atoms with Crippen LogP contribution in [0.25, 0.3) is 0 Å². The van der Waals surface area contributed by atoms with Gasteiger partial charge in [0.1, 0.15) is 0 Å². The lowest BCUT2D eigenvalue weighted by Crippen LogP contribution is -2.30. The summed E-state index contributed by atoms with van der Waals surface area (Å²) in [7, 11) is 0. The van der Waals surface area contributed by atoms with Crippen molar-refractivity contribution in [3.05, 3.63) is 29.8 Å². The Hall–Kier alpha value is -0.510. The van der Waals surface area contributed by atoms with Gasteiger partial charge in [0.05, 0.1) is 12.2 Å². The maximum atomic E-state index is 9.75. The molecule has 2 rings (SSSR count). The highest BCUT2D eigenvalue weighted by Crippen LogP contribution is 2.28. The van der Waals surface area contributed by atoms with E-state index in [4.69, 9.17) is 4.18 Å². The van der Waals surface area contributed by atoms with Crippen molar-refractivity contribution in [1.29, 1.82) is 0 Å². The zero-order chi connectivity index (χ0) is 11.4. The summed E-state index contributed by atoms with van der Waals surface area (Å²) in [6.07, 6.45) is 3.85. The minimum Gasteiger partial charge on any atom is -0.390 e. The highest BCUT2D eigenvalue weighted by atomic mass is 32.2. The Labute approximate surface area is 101 Å². The van der Waals surface area contributed by atoms with Crippen LogP contribution in [0.15, 0.2) is 29.2 Å². The fraction of sp³-hybridized carbons (Fsp3) is 0.538. The molecule has 1 fully saturated rings. The lowest BCUT2D eigenvalue weighted by molar-refractivity contribution is 0.0181. The largest absolute Gasteiger partial charge is 0.390 e. The Morgan fingerprint density at radius 1 is 1.19 bits per heavy atom. The van der Waals surface area contributed by atoms with E-state index < -0.39 is 0 Å². The third-order valence-corrected chi connectivity index (χ3v) is 3.76. The SMILES string of the molecule is Cc1ccc(SOC2CCCCC2O)cc1. The van der Waals surface area contributed by atoms with E-state index in [1.807, 2.05) is 0 Å². The first-order valence-electron chi connectivity index (χ1n) is 5.84. The van der Waals surface area contributed by atoms with Crippen molar-refractivity contribution in [1.82, 2.24) is 0 Å². The summed E-state index contributed by atoms with van der Waals surface area (Å²) in [6.45, 7) is 2.07. The summed E-state index contributed by atoms with van der Waals surface area (Å²) in [4.78, 5) is 1.10. The predicted molar refractivity (Wildman–Crippen MR) is 66.4 cm³/mol. The lowest BCUT2D eigenvalue weighted by atomic mass is 9.95. The van der Waals surface area contributed by atoms with Crippen LogP contribution in [-0.2, 0) is 4.18 Å². The van der Waals surface area contributed by atoms with Gasteiger partial charge in [-0.3, -0.25) is 0 Å². The van der Waals surface area contributed by atoms with Crippen molar-refractivity contribution in [2.75, 3.05) is 0 Å². The summed E-state index contributed by atoms with van der Waals surface area (Å²) in [5.74, 6) is 0. The number of hydrogen-bond donors (Lipinski definition) is 1. The Balaban J connectivity index is 1.84. The van der Waals surface area contributed by atoms with Gasteiger partial charge in [0.2, 0.25) is 0 Å². The second-order valence-corrected chi connectivity index (χ2v) is 5.21. The number of hydrogen-bond acceptors (Lipinski definition) is 3. The van der Waals surface area contributed by atoms with Gasteiger partial charge in [-0.25, -0.2) is 0 Å². The quantitative estimate of drug-likeness (QED) is 0.819. The Morgan fingerprint density at radius 2 is 1.88 bits per heavy atom. The van der Waals surface area contributed by atoms with E-state index in [2.05, 4.69) is 31.2 Å². The van der Waals surface area contributed by atoms with Crippen molar-refractivity contribution in [3.8, 4) is 0 Å². The average molecular weight is 238 g/mol. The second kappa shape index (κ2) is 5.71. The van der Waals surface area contributed by atoms with Crippen molar-refractivity contribution in [3.63, 3.8) is 0 Å². The number of aryl methyl sites for hydroxylation is 1. The van der Waals surface area contributed by atoms with E-state index in [1.54, 1.807) is 0 Å². The summed E-state index contributed by atoms with van der Waals surface area (Å²) >= 11 is 1.38. The minimum absolute atomic E-state index is 0.0000491. The molecule has 1 aliphatic carbocycles. The molecule has 0 bridgehead atoms. The van der Waals surface area contributed by atoms with Gasteiger partial charge in [0.25, 0.3) is 0 Å². The van der Waals surface area contributed by atoms with Crippen LogP contribution < -0.4 is 0 Å². The molecule has 0 aliphatic heterocycles. The van der Waals surface area contributed by atoms with Crippen LogP contribution in [0.4, 0.5) is 0 Å². The van der Waals surface area contributed by atoms with E-state index in [9.17, 15) is 5.11 Å². The number of benzene rings is 1. The summed E-state index contributed by atoms with van der Waals surface area (Å²) < 4.78 is 5.69. The molecule has 0 heterocycles. The number of rotatable bonds is 3. The molecule has 0 spiro atoms. The second-order valence-electron chi connectivity index (χ2n) is 4.38. The molecule has 0 radical (unpaired) electrons. The normalized spacial score (nSPS) is 25.6. The Bertz CT molecular complexity index is 323. The molecule has 3 heteroatoms. The van der Waals surface area contributed by atoms with Crippen LogP contribution in [-0.4, -0.2) is 17.3 Å². The van der Waals surface area contributed by atoms with Gasteiger partial charge in [-0.15, -0.1) is 0 Å². The minimum atomic E-state index is -0.285. The molecule has 2 unspecified atom stereocenters. The average Bonchev–Trinajstić information content (AvgIpc) is 2.30. The van der Waals surface area contributed by atoms with E-state index in [0.717, 1.165) is 30.6 Å². The molecule has 0 aromatic heterocycles. The molecule has 2 atom stereocenters. The van der Waals surface area contributed by atoms with Crippen molar-refractivity contribution < 1.29 is 9.29 Å².